The largest absolute Gasteiger partial charge is 0.508 e. The maximum absolute atomic E-state index is 15.4. The second kappa shape index (κ2) is 11.0. The second-order valence-corrected chi connectivity index (χ2v) is 11.6. The van der Waals surface area contributed by atoms with Crippen molar-refractivity contribution in [3.05, 3.63) is 75.2 Å². The van der Waals surface area contributed by atoms with E-state index >= 15 is 4.39 Å². The Morgan fingerprint density at radius 2 is 1.77 bits per heavy atom. The quantitative estimate of drug-likeness (QED) is 0.433. The van der Waals surface area contributed by atoms with Gasteiger partial charge < -0.3 is 14.6 Å². The molecule has 1 aliphatic heterocycles. The van der Waals surface area contributed by atoms with E-state index in [0.29, 0.717) is 23.4 Å². The summed E-state index contributed by atoms with van der Waals surface area (Å²) in [6, 6.07) is 7.92. The number of rotatable bonds is 6. The van der Waals surface area contributed by atoms with Crippen molar-refractivity contribution in [1.82, 2.24) is 0 Å². The Balaban J connectivity index is 1.91. The lowest BCUT2D eigenvalue weighted by Crippen LogP contribution is -2.42. The fraction of sp³-hybridized carbons (Fsp3) is 0.469. The van der Waals surface area contributed by atoms with Gasteiger partial charge in [0.1, 0.15) is 17.5 Å². The van der Waals surface area contributed by atoms with Gasteiger partial charge in [-0.2, -0.15) is 0 Å². The number of benzene rings is 2. The maximum Gasteiger partial charge on any atom is 0.315 e. The molecule has 0 saturated carbocycles. The predicted octanol–water partition coefficient (Wildman–Crippen LogP) is 6.39. The summed E-state index contributed by atoms with van der Waals surface area (Å²) in [7, 11) is 0. The third-order valence-corrected chi connectivity index (χ3v) is 7.42. The van der Waals surface area contributed by atoms with Crippen LogP contribution < -0.4 is 0 Å². The van der Waals surface area contributed by atoms with Gasteiger partial charge in [-0.05, 0) is 95.7 Å². The molecule has 3 unspecified atom stereocenters. The standard InChI is InChI=1S/C32H38FNO5/c1-8-38-31(37)30-25(16-39-32(5,6)7)34-24-13-20(27-18(3)11-17(2)12-19(27)4)14-26(36)29(24)28(30)22-15-21(35)9-10-23(22)33/h9-12,15,20,28,30,35H,8,13-14,16H2,1-7H3. The van der Waals surface area contributed by atoms with E-state index in [1.54, 1.807) is 6.92 Å². The van der Waals surface area contributed by atoms with E-state index in [0.717, 1.165) is 28.3 Å². The number of allylic oxidation sites excluding steroid dienone is 2. The molecule has 0 spiro atoms. The summed E-state index contributed by atoms with van der Waals surface area (Å²) in [5.41, 5.74) is 5.30. The van der Waals surface area contributed by atoms with Crippen molar-refractivity contribution < 1.29 is 28.6 Å². The molecule has 0 saturated heterocycles. The molecule has 2 aromatic carbocycles. The van der Waals surface area contributed by atoms with Crippen LogP contribution in [0.3, 0.4) is 0 Å². The van der Waals surface area contributed by atoms with E-state index in [4.69, 9.17) is 14.5 Å². The summed E-state index contributed by atoms with van der Waals surface area (Å²) in [6.45, 7) is 13.7. The molecule has 2 aromatic rings. The van der Waals surface area contributed by atoms with Gasteiger partial charge in [0.2, 0.25) is 0 Å². The van der Waals surface area contributed by atoms with Gasteiger partial charge in [-0.1, -0.05) is 17.7 Å². The van der Waals surface area contributed by atoms with Gasteiger partial charge >= 0.3 is 5.97 Å². The summed E-state index contributed by atoms with van der Waals surface area (Å²) < 4.78 is 26.8. The predicted molar refractivity (Wildman–Crippen MR) is 149 cm³/mol. The molecular weight excluding hydrogens is 497 g/mol. The molecule has 1 heterocycles. The number of aromatic hydroxyl groups is 1. The Morgan fingerprint density at radius 3 is 2.38 bits per heavy atom. The number of aliphatic imine (C=N–C) groups is 1. The van der Waals surface area contributed by atoms with Crippen molar-refractivity contribution in [2.45, 2.75) is 78.7 Å². The van der Waals surface area contributed by atoms with Crippen LogP contribution in [0.1, 0.15) is 80.2 Å². The average molecular weight is 536 g/mol. The summed E-state index contributed by atoms with van der Waals surface area (Å²) in [4.78, 5) is 32.2. The first-order valence-corrected chi connectivity index (χ1v) is 13.5. The maximum atomic E-state index is 15.4. The van der Waals surface area contributed by atoms with Crippen molar-refractivity contribution in [3.8, 4) is 5.75 Å². The highest BCUT2D eigenvalue weighted by atomic mass is 19.1. The fourth-order valence-corrected chi connectivity index (χ4v) is 6.03. The van der Waals surface area contributed by atoms with Crippen molar-refractivity contribution in [1.29, 1.82) is 0 Å². The Hall–Kier alpha value is -3.32. The van der Waals surface area contributed by atoms with Crippen molar-refractivity contribution in [2.75, 3.05) is 13.2 Å². The van der Waals surface area contributed by atoms with Crippen LogP contribution in [0.25, 0.3) is 0 Å². The Labute approximate surface area is 229 Å². The van der Waals surface area contributed by atoms with Gasteiger partial charge in [0.05, 0.1) is 24.5 Å². The lowest BCUT2D eigenvalue weighted by Gasteiger charge is -2.38. The Morgan fingerprint density at radius 1 is 1.10 bits per heavy atom. The van der Waals surface area contributed by atoms with Crippen LogP contribution in [-0.2, 0) is 19.1 Å². The first kappa shape index (κ1) is 28.7. The van der Waals surface area contributed by atoms with Crippen molar-refractivity contribution >= 4 is 17.5 Å². The van der Waals surface area contributed by atoms with Crippen LogP contribution >= 0.6 is 0 Å². The van der Waals surface area contributed by atoms with Crippen LogP contribution in [-0.4, -0.2) is 41.4 Å². The number of aryl methyl sites for hydroxylation is 3. The number of nitrogens with zero attached hydrogens (tertiary/aromatic N) is 1. The Bertz CT molecular complexity index is 1340. The minimum atomic E-state index is -1.06. The number of hydrogen-bond donors (Lipinski definition) is 1. The summed E-state index contributed by atoms with van der Waals surface area (Å²) >= 11 is 0. The van der Waals surface area contributed by atoms with E-state index < -0.39 is 29.2 Å². The minimum absolute atomic E-state index is 0.0160. The molecule has 0 radical (unpaired) electrons. The van der Waals surface area contributed by atoms with E-state index in [1.807, 2.05) is 27.7 Å². The number of Topliss-reactive ketones (excluding diaryl/α,β-unsaturated/α-hetero) is 1. The molecular formula is C32H38FNO5. The molecule has 208 valence electrons. The number of ether oxygens (including phenoxy) is 2. The zero-order chi connectivity index (χ0) is 28.6. The van der Waals surface area contributed by atoms with Crippen LogP contribution in [0.2, 0.25) is 0 Å². The summed E-state index contributed by atoms with van der Waals surface area (Å²) in [5, 5.41) is 10.3. The van der Waals surface area contributed by atoms with E-state index in [9.17, 15) is 14.7 Å². The third-order valence-electron chi connectivity index (χ3n) is 7.42. The minimum Gasteiger partial charge on any atom is -0.508 e. The first-order valence-electron chi connectivity index (χ1n) is 13.5. The molecule has 1 aliphatic carbocycles. The smallest absolute Gasteiger partial charge is 0.315 e. The number of carbonyl (C=O) groups excluding carboxylic acids is 2. The van der Waals surface area contributed by atoms with Gasteiger partial charge in [0.15, 0.2) is 5.78 Å². The number of phenols is 1. The first-order chi connectivity index (χ1) is 18.3. The lowest BCUT2D eigenvalue weighted by atomic mass is 9.68. The topological polar surface area (TPSA) is 85.2 Å². The number of hydrogen-bond acceptors (Lipinski definition) is 6. The summed E-state index contributed by atoms with van der Waals surface area (Å²) in [5.74, 6) is -3.70. The van der Waals surface area contributed by atoms with E-state index in [1.165, 1.54) is 12.1 Å². The third kappa shape index (κ3) is 5.98. The van der Waals surface area contributed by atoms with Gasteiger partial charge in [-0.25, -0.2) is 4.39 Å². The molecule has 7 heteroatoms. The number of esters is 1. The van der Waals surface area contributed by atoms with Crippen LogP contribution in [0.5, 0.6) is 5.75 Å². The highest BCUT2D eigenvalue weighted by Gasteiger charge is 2.47. The fourth-order valence-electron chi connectivity index (χ4n) is 6.03. The van der Waals surface area contributed by atoms with Crippen LogP contribution in [0, 0.1) is 32.5 Å². The number of halogens is 1. The molecule has 0 amide bonds. The molecule has 0 aromatic heterocycles. The highest BCUT2D eigenvalue weighted by Crippen LogP contribution is 2.48. The monoisotopic (exact) mass is 535 g/mol. The molecule has 4 rings (SSSR count). The van der Waals surface area contributed by atoms with Crippen molar-refractivity contribution in [3.63, 3.8) is 0 Å². The van der Waals surface area contributed by atoms with E-state index in [2.05, 4.69) is 26.0 Å². The van der Waals surface area contributed by atoms with Gasteiger partial charge in [-0.3, -0.25) is 14.6 Å². The molecule has 0 fully saturated rings. The normalized spacial score (nSPS) is 21.5. The van der Waals surface area contributed by atoms with Gasteiger partial charge in [0, 0.05) is 29.2 Å². The van der Waals surface area contributed by atoms with Crippen LogP contribution in [0.15, 0.2) is 46.6 Å². The second-order valence-electron chi connectivity index (χ2n) is 11.6. The zero-order valence-corrected chi connectivity index (χ0v) is 23.9. The molecule has 0 bridgehead atoms. The van der Waals surface area contributed by atoms with Gasteiger partial charge in [0.25, 0.3) is 0 Å². The van der Waals surface area contributed by atoms with Gasteiger partial charge in [-0.15, -0.1) is 0 Å². The van der Waals surface area contributed by atoms with E-state index in [-0.39, 0.29) is 42.6 Å². The van der Waals surface area contributed by atoms with Crippen LogP contribution in [0.4, 0.5) is 4.39 Å². The lowest BCUT2D eigenvalue weighted by molar-refractivity contribution is -0.146. The molecule has 3 atom stereocenters. The molecule has 39 heavy (non-hydrogen) atoms. The molecule has 1 N–H and O–H groups in total. The molecule has 2 aliphatic rings. The highest BCUT2D eigenvalue weighted by molar-refractivity contribution is 6.10. The SMILES string of the molecule is CCOC(=O)C1C(COC(C)(C)C)=NC2=C(C(=O)CC(c3c(C)cc(C)cc3C)C2)C1c1cc(O)ccc1F. The molecule has 6 nitrogen and oxygen atoms in total. The number of ketones is 1. The average Bonchev–Trinajstić information content (AvgIpc) is 2.82. The zero-order valence-electron chi connectivity index (χ0n) is 23.9. The number of carbonyl (C=O) groups is 2. The number of phenolic OH excluding ortho intramolecular Hbond substituents is 1. The van der Waals surface area contributed by atoms with Crippen molar-refractivity contribution in [2.24, 2.45) is 10.9 Å². The summed E-state index contributed by atoms with van der Waals surface area (Å²) in [6.07, 6.45) is 0.691. The Kier molecular flexibility index (Phi) is 8.12.